The van der Waals surface area contributed by atoms with Crippen molar-refractivity contribution in [1.82, 2.24) is 9.79 Å². The van der Waals surface area contributed by atoms with Crippen LogP contribution < -0.4 is 10.2 Å². The van der Waals surface area contributed by atoms with E-state index < -0.39 is 27.6 Å². The molecule has 2 aromatic rings. The zero-order valence-electron chi connectivity index (χ0n) is 19.7. The van der Waals surface area contributed by atoms with Gasteiger partial charge in [0.05, 0.1) is 17.6 Å². The monoisotopic (exact) mass is 462 g/mol. The number of hydroxylamine groups is 1. The molecule has 1 N–H and O–H groups in total. The van der Waals surface area contributed by atoms with Crippen LogP contribution in [0, 0.1) is 5.92 Å². The average molecular weight is 463 g/mol. The van der Waals surface area contributed by atoms with Crippen molar-refractivity contribution in [2.24, 2.45) is 5.92 Å². The summed E-state index contributed by atoms with van der Waals surface area (Å²) in [7, 11) is -2.49. The van der Waals surface area contributed by atoms with Crippen LogP contribution in [-0.4, -0.2) is 37.4 Å². The highest BCUT2D eigenvalue weighted by Gasteiger charge is 2.37. The Morgan fingerprint density at radius 1 is 1.03 bits per heavy atom. The van der Waals surface area contributed by atoms with E-state index >= 15 is 0 Å². The summed E-state index contributed by atoms with van der Waals surface area (Å²) in [6, 6.07) is 14.4. The lowest BCUT2D eigenvalue weighted by atomic mass is 10.0. The van der Waals surface area contributed by atoms with Crippen LogP contribution in [0.5, 0.6) is 5.75 Å². The molecule has 0 bridgehead atoms. The smallest absolute Gasteiger partial charge is 0.262 e. The van der Waals surface area contributed by atoms with Gasteiger partial charge in [-0.15, -0.1) is 0 Å². The number of benzene rings is 2. The molecule has 32 heavy (non-hydrogen) atoms. The molecule has 0 fully saturated rings. The minimum absolute atomic E-state index is 0.0511. The fraction of sp³-hybridized carbons (Fsp3) is 0.458. The molecule has 0 aromatic heterocycles. The van der Waals surface area contributed by atoms with Crippen LogP contribution in [-0.2, 0) is 26.2 Å². The first kappa shape index (κ1) is 25.8. The third kappa shape index (κ3) is 7.32. The van der Waals surface area contributed by atoms with Crippen molar-refractivity contribution in [2.75, 3.05) is 7.11 Å². The molecule has 0 saturated carbocycles. The van der Waals surface area contributed by atoms with Gasteiger partial charge in [-0.3, -0.25) is 9.63 Å². The van der Waals surface area contributed by atoms with Crippen LogP contribution in [0.4, 0.5) is 0 Å². The van der Waals surface area contributed by atoms with Crippen LogP contribution in [0.2, 0.25) is 0 Å². The van der Waals surface area contributed by atoms with E-state index in [-0.39, 0.29) is 17.4 Å². The van der Waals surface area contributed by atoms with E-state index in [2.05, 4.69) is 5.48 Å². The Bertz CT molecular complexity index is 968. The van der Waals surface area contributed by atoms with Crippen molar-refractivity contribution >= 4 is 15.9 Å². The van der Waals surface area contributed by atoms with Crippen molar-refractivity contribution in [3.63, 3.8) is 0 Å². The summed E-state index contributed by atoms with van der Waals surface area (Å²) in [5, 5.41) is 0. The lowest BCUT2D eigenvalue weighted by molar-refractivity contribution is -0.150. The van der Waals surface area contributed by atoms with Crippen LogP contribution in [0.15, 0.2) is 59.5 Å². The summed E-state index contributed by atoms with van der Waals surface area (Å²) in [5.41, 5.74) is 2.64. The first-order chi connectivity index (χ1) is 14.9. The molecule has 1 atom stereocenters. The quantitative estimate of drug-likeness (QED) is 0.536. The maximum absolute atomic E-state index is 13.7. The van der Waals surface area contributed by atoms with Crippen LogP contribution >= 0.6 is 0 Å². The second-order valence-corrected chi connectivity index (χ2v) is 10.9. The number of rotatable bonds is 10. The number of nitrogens with one attached hydrogen (secondary N) is 1. The summed E-state index contributed by atoms with van der Waals surface area (Å²) >= 11 is 0. The zero-order valence-corrected chi connectivity index (χ0v) is 20.5. The molecule has 2 aromatic carbocycles. The molecular weight excluding hydrogens is 428 g/mol. The third-order valence-corrected chi connectivity index (χ3v) is 6.52. The molecule has 0 unspecified atom stereocenters. The number of hydrogen-bond donors (Lipinski definition) is 1. The van der Waals surface area contributed by atoms with Crippen LogP contribution in [0.1, 0.15) is 46.6 Å². The molecule has 0 spiro atoms. The SMILES string of the molecule is COc1ccc(S(=O)(=O)N(Cc2ccccc2)[C@H](CC(C)C)C(=O)NOC(C)(C)C)cc1. The minimum Gasteiger partial charge on any atom is -0.497 e. The van der Waals surface area contributed by atoms with Gasteiger partial charge in [0, 0.05) is 6.54 Å². The maximum atomic E-state index is 13.7. The van der Waals surface area contributed by atoms with Gasteiger partial charge in [0.25, 0.3) is 5.91 Å². The number of nitrogens with zero attached hydrogens (tertiary/aromatic N) is 1. The van der Waals surface area contributed by atoms with Gasteiger partial charge in [-0.05, 0) is 62.9 Å². The number of methoxy groups -OCH3 is 1. The Labute approximate surface area is 191 Å². The normalized spacial score (nSPS) is 13.2. The van der Waals surface area contributed by atoms with Gasteiger partial charge in [-0.1, -0.05) is 44.2 Å². The predicted octanol–water partition coefficient (Wildman–Crippen LogP) is 4.15. The van der Waals surface area contributed by atoms with Gasteiger partial charge in [0.1, 0.15) is 11.8 Å². The minimum atomic E-state index is -4.01. The van der Waals surface area contributed by atoms with E-state index in [0.29, 0.717) is 12.2 Å². The van der Waals surface area contributed by atoms with Gasteiger partial charge in [0.15, 0.2) is 0 Å². The summed E-state index contributed by atoms with van der Waals surface area (Å²) in [5.74, 6) is 0.125. The summed E-state index contributed by atoms with van der Waals surface area (Å²) < 4.78 is 33.9. The highest BCUT2D eigenvalue weighted by Crippen LogP contribution is 2.26. The summed E-state index contributed by atoms with van der Waals surface area (Å²) in [4.78, 5) is 18.7. The molecular formula is C24H34N2O5S. The van der Waals surface area contributed by atoms with Gasteiger partial charge in [0.2, 0.25) is 10.0 Å². The molecule has 0 radical (unpaired) electrons. The molecule has 0 saturated heterocycles. The number of sulfonamides is 1. The number of carbonyl (C=O) groups excluding carboxylic acids is 1. The van der Waals surface area contributed by atoms with Crippen molar-refractivity contribution in [1.29, 1.82) is 0 Å². The molecule has 0 aliphatic carbocycles. The number of hydrogen-bond acceptors (Lipinski definition) is 5. The Hall–Kier alpha value is -2.42. The van der Waals surface area contributed by atoms with E-state index in [0.717, 1.165) is 5.56 Å². The fourth-order valence-corrected chi connectivity index (χ4v) is 4.67. The first-order valence-corrected chi connectivity index (χ1v) is 12.1. The lowest BCUT2D eigenvalue weighted by Gasteiger charge is -2.32. The second-order valence-electron chi connectivity index (χ2n) is 9.04. The van der Waals surface area contributed by atoms with Crippen molar-refractivity contribution < 1.29 is 22.8 Å². The molecule has 7 nitrogen and oxygen atoms in total. The van der Waals surface area contributed by atoms with Crippen LogP contribution in [0.3, 0.4) is 0 Å². The molecule has 176 valence electrons. The van der Waals surface area contributed by atoms with E-state index in [1.165, 1.54) is 23.5 Å². The Morgan fingerprint density at radius 3 is 2.12 bits per heavy atom. The molecule has 1 amide bonds. The van der Waals surface area contributed by atoms with E-state index in [9.17, 15) is 13.2 Å². The summed E-state index contributed by atoms with van der Waals surface area (Å²) in [6.45, 7) is 9.37. The van der Waals surface area contributed by atoms with Gasteiger partial charge < -0.3 is 4.74 Å². The lowest BCUT2D eigenvalue weighted by Crippen LogP contribution is -2.51. The number of amides is 1. The Balaban J connectivity index is 2.50. The van der Waals surface area contributed by atoms with Crippen LogP contribution in [0.25, 0.3) is 0 Å². The first-order valence-electron chi connectivity index (χ1n) is 10.6. The molecule has 2 rings (SSSR count). The molecule has 0 heterocycles. The molecule has 8 heteroatoms. The Morgan fingerprint density at radius 2 is 1.62 bits per heavy atom. The van der Waals surface area contributed by atoms with Gasteiger partial charge >= 0.3 is 0 Å². The zero-order chi connectivity index (χ0) is 23.9. The predicted molar refractivity (Wildman–Crippen MR) is 124 cm³/mol. The second kappa shape index (κ2) is 10.9. The van der Waals surface area contributed by atoms with Gasteiger partial charge in [-0.25, -0.2) is 13.9 Å². The molecule has 0 aliphatic rings. The standard InChI is InChI=1S/C24H34N2O5S/c1-18(2)16-22(23(27)25-31-24(3,4)5)26(17-19-10-8-7-9-11-19)32(28,29)21-14-12-20(30-6)13-15-21/h7-15,18,22H,16-17H2,1-6H3,(H,25,27)/t22-/m1/s1. The average Bonchev–Trinajstić information content (AvgIpc) is 2.74. The van der Waals surface area contributed by atoms with E-state index in [1.54, 1.807) is 32.9 Å². The van der Waals surface area contributed by atoms with Crippen molar-refractivity contribution in [3.05, 3.63) is 60.2 Å². The largest absolute Gasteiger partial charge is 0.497 e. The van der Waals surface area contributed by atoms with Crippen molar-refractivity contribution in [2.45, 2.75) is 64.1 Å². The summed E-state index contributed by atoms with van der Waals surface area (Å²) in [6.07, 6.45) is 0.335. The fourth-order valence-electron chi connectivity index (χ4n) is 3.08. The van der Waals surface area contributed by atoms with Crippen molar-refractivity contribution in [3.8, 4) is 5.75 Å². The molecule has 0 aliphatic heterocycles. The highest BCUT2D eigenvalue weighted by atomic mass is 32.2. The Kier molecular flexibility index (Phi) is 8.83. The van der Waals surface area contributed by atoms with Gasteiger partial charge in [-0.2, -0.15) is 4.31 Å². The maximum Gasteiger partial charge on any atom is 0.262 e. The topological polar surface area (TPSA) is 84.9 Å². The third-order valence-electron chi connectivity index (χ3n) is 4.65. The highest BCUT2D eigenvalue weighted by molar-refractivity contribution is 7.89. The van der Waals surface area contributed by atoms with E-state index in [1.807, 2.05) is 44.2 Å². The number of carbonyl (C=O) groups is 1. The number of ether oxygens (including phenoxy) is 1. The van der Waals surface area contributed by atoms with E-state index in [4.69, 9.17) is 9.57 Å².